The average Bonchev–Trinajstić information content (AvgIpc) is 2.27. The summed E-state index contributed by atoms with van der Waals surface area (Å²) in [4.78, 5) is 25.1. The first kappa shape index (κ1) is 14.9. The molecule has 0 aliphatic heterocycles. The van der Waals surface area contributed by atoms with Crippen LogP contribution in [0.5, 0.6) is 0 Å². The van der Waals surface area contributed by atoms with Gasteiger partial charge in [-0.3, -0.25) is 9.59 Å². The van der Waals surface area contributed by atoms with E-state index in [1.807, 2.05) is 0 Å². The summed E-state index contributed by atoms with van der Waals surface area (Å²) in [5.41, 5.74) is 15.2. The normalized spacial score (nSPS) is 11.4. The molecule has 0 aliphatic carbocycles. The molecule has 0 radical (unpaired) electrons. The molecule has 0 fully saturated rings. The molecular weight excluding hydrogens is 274 g/mol. The zero-order chi connectivity index (χ0) is 14.6. The molecule has 0 bridgehead atoms. The van der Waals surface area contributed by atoms with Crippen molar-refractivity contribution in [1.82, 2.24) is 9.29 Å². The van der Waals surface area contributed by atoms with Gasteiger partial charge in [-0.25, -0.2) is 13.4 Å². The van der Waals surface area contributed by atoms with Crippen molar-refractivity contribution in [2.24, 2.45) is 11.5 Å². The van der Waals surface area contributed by atoms with Gasteiger partial charge in [0.25, 0.3) is 0 Å². The molecule has 0 atom stereocenters. The number of nitrogen functional groups attached to an aromatic ring is 1. The fourth-order valence-electron chi connectivity index (χ4n) is 1.27. The summed E-state index contributed by atoms with van der Waals surface area (Å²) in [6.07, 6.45) is 1.01. The Labute approximate surface area is 109 Å². The number of primary amides is 2. The van der Waals surface area contributed by atoms with Crippen LogP contribution in [0.1, 0.15) is 0 Å². The Morgan fingerprint density at radius 3 is 2.05 bits per heavy atom. The molecular formula is C9H13N5O4S. The number of pyridine rings is 1. The third-order valence-corrected chi connectivity index (χ3v) is 3.84. The van der Waals surface area contributed by atoms with E-state index in [2.05, 4.69) is 4.98 Å². The number of amides is 2. The van der Waals surface area contributed by atoms with Crippen molar-refractivity contribution in [3.63, 3.8) is 0 Å². The van der Waals surface area contributed by atoms with Gasteiger partial charge >= 0.3 is 0 Å². The Morgan fingerprint density at radius 2 is 1.68 bits per heavy atom. The first-order chi connectivity index (χ1) is 8.73. The molecule has 104 valence electrons. The van der Waals surface area contributed by atoms with Gasteiger partial charge in [-0.1, -0.05) is 0 Å². The standard InChI is InChI=1S/C9H13N5O4S/c10-7-2-1-6(3-13-7)19(17,18)14(4-8(11)15)5-9(12)16/h1-3H,4-5H2,(H2,10,13)(H2,11,15)(H2,12,16). The van der Waals surface area contributed by atoms with E-state index >= 15 is 0 Å². The maximum absolute atomic E-state index is 12.1. The average molecular weight is 287 g/mol. The first-order valence-electron chi connectivity index (χ1n) is 5.02. The van der Waals surface area contributed by atoms with E-state index in [9.17, 15) is 18.0 Å². The summed E-state index contributed by atoms with van der Waals surface area (Å²) in [5, 5.41) is 0. The Kier molecular flexibility index (Phi) is 4.40. The number of hydrogen-bond donors (Lipinski definition) is 3. The van der Waals surface area contributed by atoms with Gasteiger partial charge in [0.1, 0.15) is 10.7 Å². The molecule has 0 unspecified atom stereocenters. The molecule has 19 heavy (non-hydrogen) atoms. The van der Waals surface area contributed by atoms with Crippen molar-refractivity contribution in [2.75, 3.05) is 18.8 Å². The quantitative estimate of drug-likeness (QED) is 0.529. The third kappa shape index (κ3) is 3.89. The van der Waals surface area contributed by atoms with Crippen LogP contribution >= 0.6 is 0 Å². The van der Waals surface area contributed by atoms with Crippen LogP contribution in [0.4, 0.5) is 5.82 Å². The molecule has 1 rings (SSSR count). The van der Waals surface area contributed by atoms with Crippen molar-refractivity contribution in [1.29, 1.82) is 0 Å². The third-order valence-electron chi connectivity index (χ3n) is 2.06. The second kappa shape index (κ2) is 5.63. The van der Waals surface area contributed by atoms with Crippen LogP contribution < -0.4 is 17.2 Å². The molecule has 0 saturated carbocycles. The van der Waals surface area contributed by atoms with Gasteiger partial charge in [0.2, 0.25) is 21.8 Å². The molecule has 0 aliphatic rings. The molecule has 0 aromatic carbocycles. The van der Waals surface area contributed by atoms with Crippen molar-refractivity contribution in [3.05, 3.63) is 18.3 Å². The maximum atomic E-state index is 12.1. The van der Waals surface area contributed by atoms with Gasteiger partial charge in [0, 0.05) is 6.20 Å². The van der Waals surface area contributed by atoms with Crippen LogP contribution in [0.25, 0.3) is 0 Å². The number of hydrogen-bond acceptors (Lipinski definition) is 6. The van der Waals surface area contributed by atoms with Crippen LogP contribution in [0.15, 0.2) is 23.2 Å². The van der Waals surface area contributed by atoms with E-state index in [1.54, 1.807) is 0 Å². The minimum Gasteiger partial charge on any atom is -0.384 e. The van der Waals surface area contributed by atoms with Gasteiger partial charge in [0.15, 0.2) is 0 Å². The molecule has 1 aromatic heterocycles. The SMILES string of the molecule is NC(=O)CN(CC(N)=O)S(=O)(=O)c1ccc(N)nc1. The highest BCUT2D eigenvalue weighted by Crippen LogP contribution is 2.14. The molecule has 0 saturated heterocycles. The largest absolute Gasteiger partial charge is 0.384 e. The predicted molar refractivity (Wildman–Crippen MR) is 65.8 cm³/mol. The van der Waals surface area contributed by atoms with Crippen LogP contribution in [-0.2, 0) is 19.6 Å². The molecule has 1 aromatic rings. The second-order valence-electron chi connectivity index (χ2n) is 3.62. The lowest BCUT2D eigenvalue weighted by atomic mass is 10.5. The predicted octanol–water partition coefficient (Wildman–Crippen LogP) is -2.37. The maximum Gasteiger partial charge on any atom is 0.245 e. The number of carbonyl (C=O) groups excluding carboxylic acids is 2. The smallest absolute Gasteiger partial charge is 0.245 e. The van der Waals surface area contributed by atoms with Crippen LogP contribution in [0.3, 0.4) is 0 Å². The van der Waals surface area contributed by atoms with Crippen LogP contribution in [0.2, 0.25) is 0 Å². The lowest BCUT2D eigenvalue weighted by molar-refractivity contribution is -0.120. The van der Waals surface area contributed by atoms with Crippen LogP contribution in [0, 0.1) is 0 Å². The number of sulfonamides is 1. The Balaban J connectivity index is 3.14. The highest BCUT2D eigenvalue weighted by molar-refractivity contribution is 7.89. The Hall–Kier alpha value is -2.20. The summed E-state index contributed by atoms with van der Waals surface area (Å²) in [6, 6.07) is 2.48. The highest BCUT2D eigenvalue weighted by atomic mass is 32.2. The Bertz CT molecular complexity index is 567. The zero-order valence-corrected chi connectivity index (χ0v) is 10.6. The first-order valence-corrected chi connectivity index (χ1v) is 6.46. The summed E-state index contributed by atoms with van der Waals surface area (Å²) in [6.45, 7) is -1.31. The lowest BCUT2D eigenvalue weighted by Gasteiger charge is -2.18. The van der Waals surface area contributed by atoms with Gasteiger partial charge in [-0.15, -0.1) is 0 Å². The van der Waals surface area contributed by atoms with E-state index in [-0.39, 0.29) is 10.7 Å². The number of nitrogens with zero attached hydrogens (tertiary/aromatic N) is 2. The zero-order valence-electron chi connectivity index (χ0n) is 9.81. The summed E-state index contributed by atoms with van der Waals surface area (Å²) >= 11 is 0. The fourth-order valence-corrected chi connectivity index (χ4v) is 2.59. The van der Waals surface area contributed by atoms with Gasteiger partial charge < -0.3 is 17.2 Å². The van der Waals surface area contributed by atoms with E-state index in [0.717, 1.165) is 6.20 Å². The van der Waals surface area contributed by atoms with Crippen LogP contribution in [-0.4, -0.2) is 42.6 Å². The van der Waals surface area contributed by atoms with Crippen molar-refractivity contribution in [3.8, 4) is 0 Å². The topological polar surface area (TPSA) is 162 Å². The Morgan fingerprint density at radius 1 is 1.16 bits per heavy atom. The van der Waals surface area contributed by atoms with E-state index in [4.69, 9.17) is 17.2 Å². The van der Waals surface area contributed by atoms with Crippen molar-refractivity contribution >= 4 is 27.7 Å². The lowest BCUT2D eigenvalue weighted by Crippen LogP contribution is -2.43. The number of nitrogens with two attached hydrogens (primary N) is 3. The molecule has 2 amide bonds. The molecule has 6 N–H and O–H groups in total. The number of aromatic nitrogens is 1. The monoisotopic (exact) mass is 287 g/mol. The minimum atomic E-state index is -4.09. The molecule has 9 nitrogen and oxygen atoms in total. The van der Waals surface area contributed by atoms with E-state index in [1.165, 1.54) is 12.1 Å². The fraction of sp³-hybridized carbons (Fsp3) is 0.222. The van der Waals surface area contributed by atoms with Crippen molar-refractivity contribution < 1.29 is 18.0 Å². The summed E-state index contributed by atoms with van der Waals surface area (Å²) in [5.74, 6) is -1.68. The second-order valence-corrected chi connectivity index (χ2v) is 5.56. The number of rotatable bonds is 6. The van der Waals surface area contributed by atoms with Gasteiger partial charge in [-0.2, -0.15) is 4.31 Å². The van der Waals surface area contributed by atoms with E-state index < -0.39 is 34.9 Å². The molecule has 1 heterocycles. The van der Waals surface area contributed by atoms with E-state index in [0.29, 0.717) is 4.31 Å². The molecule has 10 heteroatoms. The van der Waals surface area contributed by atoms with Crippen molar-refractivity contribution in [2.45, 2.75) is 4.90 Å². The number of anilines is 1. The highest BCUT2D eigenvalue weighted by Gasteiger charge is 2.27. The molecule has 0 spiro atoms. The van der Waals surface area contributed by atoms with Gasteiger partial charge in [0.05, 0.1) is 13.1 Å². The number of carbonyl (C=O) groups is 2. The summed E-state index contributed by atoms with van der Waals surface area (Å²) < 4.78 is 24.9. The van der Waals surface area contributed by atoms with Gasteiger partial charge in [-0.05, 0) is 12.1 Å². The minimum absolute atomic E-state index is 0.135. The summed E-state index contributed by atoms with van der Waals surface area (Å²) in [7, 11) is -4.09.